The van der Waals surface area contributed by atoms with E-state index >= 15 is 0 Å². The molecule has 0 saturated heterocycles. The predicted octanol–water partition coefficient (Wildman–Crippen LogP) is 3.37. The van der Waals surface area contributed by atoms with Crippen LogP contribution in [0.1, 0.15) is 13.8 Å². The summed E-state index contributed by atoms with van der Waals surface area (Å²) in [5.41, 5.74) is 2.16. The van der Waals surface area contributed by atoms with Crippen molar-refractivity contribution in [2.24, 2.45) is 0 Å². The first kappa shape index (κ1) is 14.0. The molecule has 2 aromatic rings. The van der Waals surface area contributed by atoms with E-state index in [2.05, 4.69) is 47.4 Å². The van der Waals surface area contributed by atoms with Gasteiger partial charge in [0.1, 0.15) is 5.82 Å². The van der Waals surface area contributed by atoms with Gasteiger partial charge in [0.2, 0.25) is 0 Å². The minimum Gasteiger partial charge on any atom is -0.498 e. The Balaban J connectivity index is 0.00000133. The van der Waals surface area contributed by atoms with Crippen LogP contribution in [0.4, 0.5) is 17.2 Å². The van der Waals surface area contributed by atoms with E-state index in [1.165, 1.54) is 0 Å². The van der Waals surface area contributed by atoms with Gasteiger partial charge in [-0.2, -0.15) is 30.3 Å². The van der Waals surface area contributed by atoms with Crippen LogP contribution in [0, 0.1) is 12.7 Å². The summed E-state index contributed by atoms with van der Waals surface area (Å²) in [4.78, 5) is 8.79. The molecule has 4 heteroatoms. The van der Waals surface area contributed by atoms with Crippen LogP contribution in [-0.4, -0.2) is 11.0 Å². The first-order chi connectivity index (χ1) is 8.77. The number of rotatable bonds is 2. The molecule has 0 unspecified atom stereocenters. The van der Waals surface area contributed by atoms with Crippen molar-refractivity contribution in [2.45, 2.75) is 19.9 Å². The number of benzene rings is 1. The van der Waals surface area contributed by atoms with Crippen molar-refractivity contribution in [3.05, 3.63) is 55.3 Å². The summed E-state index contributed by atoms with van der Waals surface area (Å²) in [7, 11) is 0. The molecule has 0 fully saturated rings. The zero-order valence-corrected chi connectivity index (χ0v) is 13.3. The Morgan fingerprint density at radius 1 is 1.21 bits per heavy atom. The molecule has 0 saturated carbocycles. The summed E-state index contributed by atoms with van der Waals surface area (Å²) in [6.07, 6.45) is 1.83. The van der Waals surface area contributed by atoms with E-state index in [4.69, 9.17) is 0 Å². The average molecular weight is 430 g/mol. The molecule has 19 heavy (non-hydrogen) atoms. The maximum atomic E-state index is 4.48. The molecule has 0 aliphatic carbocycles. The summed E-state index contributed by atoms with van der Waals surface area (Å²) in [6, 6.07) is 15.7. The molecular formula is C15H15IrN3-2. The molecule has 1 aliphatic heterocycles. The fraction of sp³-hybridized carbons (Fsp3) is 0.200. The molecule has 1 aromatic heterocycles. The van der Waals surface area contributed by atoms with Gasteiger partial charge in [0.25, 0.3) is 0 Å². The van der Waals surface area contributed by atoms with Crippen LogP contribution in [0.5, 0.6) is 0 Å². The molecule has 1 aliphatic rings. The Morgan fingerprint density at radius 2 is 2.05 bits per heavy atom. The van der Waals surface area contributed by atoms with Crippen molar-refractivity contribution in [3.8, 4) is 0 Å². The standard InChI is InChI=1S/C15H15N3.Ir/c1-12(2)17-11-18(13-7-4-3-5-8-13)15-14(17)9-6-10-16-15;/h3-7,9-12H,1-2H3;/q-2;. The van der Waals surface area contributed by atoms with Gasteiger partial charge in [-0.1, -0.05) is 0 Å². The van der Waals surface area contributed by atoms with Gasteiger partial charge < -0.3 is 9.80 Å². The zero-order chi connectivity index (χ0) is 12.5. The second-order valence-electron chi connectivity index (χ2n) is 4.58. The Bertz CT molecular complexity index is 542. The monoisotopic (exact) mass is 430 g/mol. The van der Waals surface area contributed by atoms with Crippen molar-refractivity contribution < 1.29 is 20.1 Å². The van der Waals surface area contributed by atoms with Gasteiger partial charge in [0, 0.05) is 32.0 Å². The van der Waals surface area contributed by atoms with Gasteiger partial charge in [-0.3, -0.25) is 0 Å². The van der Waals surface area contributed by atoms with Crippen molar-refractivity contribution in [3.63, 3.8) is 0 Å². The van der Waals surface area contributed by atoms with Crippen LogP contribution in [0.25, 0.3) is 0 Å². The number of anilines is 3. The number of para-hydroxylation sites is 1. The maximum absolute atomic E-state index is 4.48. The van der Waals surface area contributed by atoms with Crippen molar-refractivity contribution in [2.75, 3.05) is 9.80 Å². The van der Waals surface area contributed by atoms with Crippen LogP contribution < -0.4 is 9.80 Å². The van der Waals surface area contributed by atoms with E-state index in [-0.39, 0.29) is 20.1 Å². The number of nitrogens with zero attached hydrogens (tertiary/aromatic N) is 3. The van der Waals surface area contributed by atoms with Crippen LogP contribution >= 0.6 is 0 Å². The minimum atomic E-state index is 0. The molecule has 2 heterocycles. The number of hydrogen-bond donors (Lipinski definition) is 0. The third-order valence-electron chi connectivity index (χ3n) is 3.02. The molecule has 0 atom stereocenters. The second kappa shape index (κ2) is 5.72. The summed E-state index contributed by atoms with van der Waals surface area (Å²) >= 11 is 0. The first-order valence-electron chi connectivity index (χ1n) is 6.11. The zero-order valence-electron chi connectivity index (χ0n) is 10.9. The molecule has 101 valence electrons. The fourth-order valence-corrected chi connectivity index (χ4v) is 2.14. The number of hydrogen-bond acceptors (Lipinski definition) is 3. The molecule has 1 aromatic carbocycles. The predicted molar refractivity (Wildman–Crippen MR) is 73.6 cm³/mol. The van der Waals surface area contributed by atoms with Gasteiger partial charge in [0.05, 0.1) is 0 Å². The molecule has 3 nitrogen and oxygen atoms in total. The van der Waals surface area contributed by atoms with E-state index in [0.29, 0.717) is 6.04 Å². The molecular weight excluding hydrogens is 414 g/mol. The van der Waals surface area contributed by atoms with Gasteiger partial charge in [-0.15, -0.1) is 12.4 Å². The third kappa shape index (κ3) is 2.51. The van der Waals surface area contributed by atoms with Gasteiger partial charge in [0.15, 0.2) is 0 Å². The van der Waals surface area contributed by atoms with E-state index in [9.17, 15) is 0 Å². The molecule has 0 bridgehead atoms. The Kier molecular flexibility index (Phi) is 4.23. The number of pyridine rings is 1. The number of fused-ring (bicyclic) bond motifs is 1. The largest absolute Gasteiger partial charge is 0.498 e. The third-order valence-corrected chi connectivity index (χ3v) is 3.02. The molecule has 0 spiro atoms. The average Bonchev–Trinajstić information content (AvgIpc) is 2.79. The van der Waals surface area contributed by atoms with Gasteiger partial charge >= 0.3 is 0 Å². The van der Waals surface area contributed by atoms with E-state index in [0.717, 1.165) is 17.2 Å². The SMILES string of the molecule is CC(C)N1[CH-]N(c2[c-]cccc2)c2ncccc21.[Ir]. The molecule has 0 amide bonds. The van der Waals surface area contributed by atoms with Crippen LogP contribution in [0.2, 0.25) is 0 Å². The van der Waals surface area contributed by atoms with E-state index in [1.54, 1.807) is 0 Å². The van der Waals surface area contributed by atoms with Crippen molar-refractivity contribution >= 4 is 17.2 Å². The summed E-state index contributed by atoms with van der Waals surface area (Å²) in [6.45, 7) is 6.44. The smallest absolute Gasteiger partial charge is 0.124 e. The van der Waals surface area contributed by atoms with Crippen LogP contribution in [-0.2, 0) is 20.1 Å². The van der Waals surface area contributed by atoms with Crippen molar-refractivity contribution in [1.29, 1.82) is 0 Å². The first-order valence-corrected chi connectivity index (χ1v) is 6.11. The Morgan fingerprint density at radius 3 is 2.74 bits per heavy atom. The van der Waals surface area contributed by atoms with Crippen molar-refractivity contribution in [1.82, 2.24) is 4.98 Å². The number of aromatic nitrogens is 1. The van der Waals surface area contributed by atoms with Gasteiger partial charge in [-0.25, -0.2) is 4.98 Å². The summed E-state index contributed by atoms with van der Waals surface area (Å²) in [5.74, 6) is 0.966. The summed E-state index contributed by atoms with van der Waals surface area (Å²) in [5, 5.41) is 0. The molecule has 1 radical (unpaired) electrons. The normalized spacial score (nSPS) is 13.4. The minimum absolute atomic E-state index is 0. The maximum Gasteiger partial charge on any atom is 0.124 e. The van der Waals surface area contributed by atoms with E-state index in [1.807, 2.05) is 36.5 Å². The topological polar surface area (TPSA) is 19.4 Å². The van der Waals surface area contributed by atoms with Crippen LogP contribution in [0.15, 0.2) is 42.6 Å². The molecule has 0 N–H and O–H groups in total. The summed E-state index contributed by atoms with van der Waals surface area (Å²) < 4.78 is 0. The fourth-order valence-electron chi connectivity index (χ4n) is 2.14. The Labute approximate surface area is 127 Å². The Hall–Kier alpha value is -1.38. The quantitative estimate of drug-likeness (QED) is 0.683. The molecule has 3 rings (SSSR count). The second-order valence-corrected chi connectivity index (χ2v) is 4.58. The van der Waals surface area contributed by atoms with Crippen LogP contribution in [0.3, 0.4) is 0 Å². The van der Waals surface area contributed by atoms with E-state index < -0.39 is 0 Å². The van der Waals surface area contributed by atoms with Gasteiger partial charge in [-0.05, 0) is 32.0 Å².